The molecule has 2 aliphatic heterocycles. The van der Waals surface area contributed by atoms with Crippen LogP contribution in [0.25, 0.3) is 10.4 Å². The molecule has 7 heteroatoms. The molecule has 14 heavy (non-hydrogen) atoms. The van der Waals surface area contributed by atoms with Crippen molar-refractivity contribution in [2.45, 2.75) is 24.0 Å². The highest BCUT2D eigenvalue weighted by atomic mass is 16.7. The van der Waals surface area contributed by atoms with Crippen LogP contribution >= 0.6 is 0 Å². The Kier molecular flexibility index (Phi) is 2.34. The van der Waals surface area contributed by atoms with Crippen molar-refractivity contribution >= 4 is 0 Å². The Balaban J connectivity index is 2.27. The summed E-state index contributed by atoms with van der Waals surface area (Å²) in [7, 11) is 1.48. The summed E-state index contributed by atoms with van der Waals surface area (Å²) in [5.74, 6) is 0. The molecule has 2 rings (SSSR count). The fourth-order valence-electron chi connectivity index (χ4n) is 1.93. The lowest BCUT2D eigenvalue weighted by atomic mass is 9.98. The first-order valence-corrected chi connectivity index (χ1v) is 4.25. The average Bonchev–Trinajstić information content (AvgIpc) is 2.72. The number of azide groups is 1. The van der Waals surface area contributed by atoms with Gasteiger partial charge in [0.2, 0.25) is 0 Å². The molecule has 0 aromatic rings. The molecule has 0 unspecified atom stereocenters. The van der Waals surface area contributed by atoms with Gasteiger partial charge < -0.3 is 19.3 Å². The summed E-state index contributed by atoms with van der Waals surface area (Å²) in [5, 5.41) is 12.8. The standard InChI is InChI=1S/C7H11N3O4/c1-12-6-4-5(9-10-8)7(2-11,14-6)3-13-4/h4-6,11H,2-3H2,1H3/t4-,5+,6+,7+/m1/s1. The Morgan fingerprint density at radius 3 is 3.14 bits per heavy atom. The first kappa shape index (κ1) is 9.70. The van der Waals surface area contributed by atoms with E-state index >= 15 is 0 Å². The first-order chi connectivity index (χ1) is 6.77. The van der Waals surface area contributed by atoms with Crippen LogP contribution in [0.4, 0.5) is 0 Å². The minimum atomic E-state index is -0.919. The predicted molar refractivity (Wildman–Crippen MR) is 44.4 cm³/mol. The molecule has 0 radical (unpaired) electrons. The second-order valence-electron chi connectivity index (χ2n) is 3.37. The molecule has 2 saturated heterocycles. The van der Waals surface area contributed by atoms with E-state index in [1.54, 1.807) is 0 Å². The van der Waals surface area contributed by atoms with Gasteiger partial charge in [-0.05, 0) is 5.53 Å². The lowest BCUT2D eigenvalue weighted by Crippen LogP contribution is -2.43. The fraction of sp³-hybridized carbons (Fsp3) is 1.00. The smallest absolute Gasteiger partial charge is 0.184 e. The Morgan fingerprint density at radius 2 is 2.57 bits per heavy atom. The van der Waals surface area contributed by atoms with Crippen molar-refractivity contribution in [1.29, 1.82) is 0 Å². The maximum atomic E-state index is 9.21. The third-order valence-electron chi connectivity index (χ3n) is 2.67. The molecule has 2 bridgehead atoms. The van der Waals surface area contributed by atoms with Crippen LogP contribution in [0, 0.1) is 0 Å². The van der Waals surface area contributed by atoms with Crippen LogP contribution in [-0.2, 0) is 14.2 Å². The van der Waals surface area contributed by atoms with Gasteiger partial charge in [0, 0.05) is 12.0 Å². The maximum absolute atomic E-state index is 9.21. The molecule has 1 N–H and O–H groups in total. The minimum Gasteiger partial charge on any atom is -0.393 e. The summed E-state index contributed by atoms with van der Waals surface area (Å²) >= 11 is 0. The molecule has 2 heterocycles. The number of hydrogen-bond acceptors (Lipinski definition) is 5. The molecule has 0 saturated carbocycles. The highest BCUT2D eigenvalue weighted by Gasteiger charge is 2.61. The molecule has 2 aliphatic rings. The third kappa shape index (κ3) is 1.11. The van der Waals surface area contributed by atoms with Crippen molar-refractivity contribution < 1.29 is 19.3 Å². The van der Waals surface area contributed by atoms with E-state index in [-0.39, 0.29) is 13.2 Å². The van der Waals surface area contributed by atoms with Gasteiger partial charge in [-0.15, -0.1) is 0 Å². The molecule has 0 spiro atoms. The normalized spacial score (nSPS) is 45.1. The minimum absolute atomic E-state index is 0.234. The van der Waals surface area contributed by atoms with Crippen molar-refractivity contribution in [2.24, 2.45) is 5.11 Å². The van der Waals surface area contributed by atoms with E-state index in [2.05, 4.69) is 10.0 Å². The van der Waals surface area contributed by atoms with Gasteiger partial charge in [0.05, 0.1) is 13.2 Å². The van der Waals surface area contributed by atoms with E-state index in [0.717, 1.165) is 0 Å². The number of hydrogen-bond donors (Lipinski definition) is 1. The zero-order valence-corrected chi connectivity index (χ0v) is 7.66. The van der Waals surface area contributed by atoms with Crippen molar-refractivity contribution in [1.82, 2.24) is 0 Å². The van der Waals surface area contributed by atoms with Gasteiger partial charge >= 0.3 is 0 Å². The van der Waals surface area contributed by atoms with Crippen LogP contribution in [0.3, 0.4) is 0 Å². The van der Waals surface area contributed by atoms with Crippen LogP contribution in [-0.4, -0.2) is 49.5 Å². The van der Waals surface area contributed by atoms with Crippen LogP contribution in [0.2, 0.25) is 0 Å². The zero-order chi connectivity index (χ0) is 10.2. The number of fused-ring (bicyclic) bond motifs is 2. The SMILES string of the molecule is CO[C@H]1O[C@@]2(CO)CO[C@@H]1[C@@H]2N=[N+]=[N-]. The average molecular weight is 201 g/mol. The van der Waals surface area contributed by atoms with E-state index in [0.29, 0.717) is 0 Å². The predicted octanol–water partition coefficient (Wildman–Crippen LogP) is -0.202. The van der Waals surface area contributed by atoms with Gasteiger partial charge in [-0.1, -0.05) is 5.11 Å². The lowest BCUT2D eigenvalue weighted by molar-refractivity contribution is -0.241. The van der Waals surface area contributed by atoms with E-state index in [4.69, 9.17) is 19.7 Å². The zero-order valence-electron chi connectivity index (χ0n) is 7.66. The summed E-state index contributed by atoms with van der Waals surface area (Å²) in [6, 6.07) is -0.512. The molecule has 4 atom stereocenters. The molecule has 7 nitrogen and oxygen atoms in total. The van der Waals surface area contributed by atoms with Crippen LogP contribution < -0.4 is 0 Å². The second-order valence-corrected chi connectivity index (χ2v) is 3.37. The quantitative estimate of drug-likeness (QED) is 0.388. The van der Waals surface area contributed by atoms with E-state index in [1.807, 2.05) is 0 Å². The molecular formula is C7H11N3O4. The summed E-state index contributed by atoms with van der Waals surface area (Å²) < 4.78 is 15.8. The van der Waals surface area contributed by atoms with Gasteiger partial charge in [-0.25, -0.2) is 0 Å². The first-order valence-electron chi connectivity index (χ1n) is 4.25. The van der Waals surface area contributed by atoms with Crippen LogP contribution in [0.5, 0.6) is 0 Å². The summed E-state index contributed by atoms with van der Waals surface area (Å²) in [6.45, 7) is -0.00917. The van der Waals surface area contributed by atoms with Crippen molar-refractivity contribution in [3.8, 4) is 0 Å². The number of ether oxygens (including phenoxy) is 3. The number of methoxy groups -OCH3 is 1. The van der Waals surface area contributed by atoms with Gasteiger partial charge in [-0.2, -0.15) is 0 Å². The van der Waals surface area contributed by atoms with Crippen molar-refractivity contribution in [3.05, 3.63) is 10.4 Å². The van der Waals surface area contributed by atoms with E-state index in [9.17, 15) is 5.11 Å². The summed E-state index contributed by atoms with van der Waals surface area (Å²) in [6.07, 6.45) is -0.977. The van der Waals surface area contributed by atoms with Crippen LogP contribution in [0.1, 0.15) is 0 Å². The van der Waals surface area contributed by atoms with Gasteiger partial charge in [0.25, 0.3) is 0 Å². The Bertz CT molecular complexity index is 280. The number of aliphatic hydroxyl groups excluding tert-OH is 1. The summed E-state index contributed by atoms with van der Waals surface area (Å²) in [4.78, 5) is 2.72. The number of nitrogens with zero attached hydrogens (tertiary/aromatic N) is 3. The molecular weight excluding hydrogens is 190 g/mol. The maximum Gasteiger partial charge on any atom is 0.184 e. The lowest BCUT2D eigenvalue weighted by Gasteiger charge is -2.28. The van der Waals surface area contributed by atoms with Gasteiger partial charge in [-0.3, -0.25) is 0 Å². The van der Waals surface area contributed by atoms with Gasteiger partial charge in [0.15, 0.2) is 6.29 Å². The van der Waals surface area contributed by atoms with Gasteiger partial charge in [0.1, 0.15) is 17.7 Å². The molecule has 0 amide bonds. The van der Waals surface area contributed by atoms with Crippen molar-refractivity contribution in [2.75, 3.05) is 20.3 Å². The van der Waals surface area contributed by atoms with Crippen molar-refractivity contribution in [3.63, 3.8) is 0 Å². The molecule has 0 aromatic carbocycles. The van der Waals surface area contributed by atoms with Crippen LogP contribution in [0.15, 0.2) is 5.11 Å². The Hall–Kier alpha value is -0.850. The largest absolute Gasteiger partial charge is 0.393 e. The van der Waals surface area contributed by atoms with E-state index in [1.165, 1.54) is 7.11 Å². The number of rotatable bonds is 3. The third-order valence-corrected chi connectivity index (χ3v) is 2.67. The topological polar surface area (TPSA) is 96.7 Å². The Labute approximate surface area is 80.2 Å². The van der Waals surface area contributed by atoms with E-state index < -0.39 is 24.0 Å². The second kappa shape index (κ2) is 3.38. The monoisotopic (exact) mass is 201 g/mol. The fourth-order valence-corrected chi connectivity index (χ4v) is 1.93. The Morgan fingerprint density at radius 1 is 1.79 bits per heavy atom. The molecule has 78 valence electrons. The molecule has 0 aromatic heterocycles. The number of aliphatic hydroxyl groups is 1. The highest BCUT2D eigenvalue weighted by molar-refractivity contribution is 5.09. The summed E-state index contributed by atoms with van der Waals surface area (Å²) in [5.41, 5.74) is 7.46. The molecule has 2 fully saturated rings. The highest BCUT2D eigenvalue weighted by Crippen LogP contribution is 2.41. The molecule has 0 aliphatic carbocycles.